The van der Waals surface area contributed by atoms with E-state index in [2.05, 4.69) is 0 Å². The van der Waals surface area contributed by atoms with Crippen LogP contribution in [0.15, 0.2) is 12.1 Å². The molecule has 0 aliphatic rings. The largest absolute Gasteiger partial charge is 0.508 e. The van der Waals surface area contributed by atoms with Crippen LogP contribution in [-0.4, -0.2) is 31.9 Å². The Bertz CT molecular complexity index is 309. The van der Waals surface area contributed by atoms with Gasteiger partial charge in [-0.2, -0.15) is 0 Å². The number of phenols is 3. The zero-order valence-electron chi connectivity index (χ0n) is 6.35. The molecule has 1 aromatic rings. The maximum Gasteiger partial charge on any atom is 0.343 e. The van der Waals surface area contributed by atoms with Crippen LogP contribution in [0.25, 0.3) is 0 Å². The van der Waals surface area contributed by atoms with Crippen LogP contribution in [-0.2, 0) is 0 Å². The lowest BCUT2D eigenvalue weighted by molar-refractivity contribution is 0.0690. The first kappa shape index (κ1) is 11.1. The van der Waals surface area contributed by atoms with Crippen molar-refractivity contribution in [2.24, 2.45) is 0 Å². The number of carboxylic acids is 1. The molecule has 0 saturated carbocycles. The van der Waals surface area contributed by atoms with E-state index < -0.39 is 28.8 Å². The number of aromatic hydroxyl groups is 3. The Balaban J connectivity index is 0.00000144. The number of phenolic OH excluding ortho intramolecular Hbond substituents is 1. The molecule has 13 heavy (non-hydrogen) atoms. The summed E-state index contributed by atoms with van der Waals surface area (Å²) in [6.45, 7) is 0. The number of aromatic carboxylic acids is 1. The molecule has 1 rings (SSSR count). The second kappa shape index (κ2) is 3.63. The van der Waals surface area contributed by atoms with Crippen molar-refractivity contribution in [2.75, 3.05) is 0 Å². The molecule has 0 amide bonds. The van der Waals surface area contributed by atoms with Crippen LogP contribution in [0.4, 0.5) is 0 Å². The van der Waals surface area contributed by atoms with Gasteiger partial charge in [-0.1, -0.05) is 0 Å². The standard InChI is InChI=1S/C7H6O5.H2O/c8-3-1-4(9)6(7(11)12)5(10)2-3;/h1-2,8-10H,(H,11,12);1H2. The monoisotopic (exact) mass is 188 g/mol. The summed E-state index contributed by atoms with van der Waals surface area (Å²) in [4.78, 5) is 10.4. The smallest absolute Gasteiger partial charge is 0.343 e. The fraction of sp³-hybridized carbons (Fsp3) is 0. The molecule has 0 bridgehead atoms. The molecule has 0 aliphatic carbocycles. The molecular weight excluding hydrogens is 180 g/mol. The second-order valence-electron chi connectivity index (χ2n) is 2.16. The Hall–Kier alpha value is -1.95. The Morgan fingerprint density at radius 3 is 1.77 bits per heavy atom. The lowest BCUT2D eigenvalue weighted by atomic mass is 10.1. The summed E-state index contributed by atoms with van der Waals surface area (Å²) in [7, 11) is 0. The highest BCUT2D eigenvalue weighted by molar-refractivity contribution is 5.94. The van der Waals surface area contributed by atoms with Gasteiger partial charge in [0.15, 0.2) is 0 Å². The number of hydrogen-bond donors (Lipinski definition) is 4. The predicted octanol–water partition coefficient (Wildman–Crippen LogP) is -0.323. The minimum atomic E-state index is -1.45. The molecule has 1 aromatic carbocycles. The number of benzene rings is 1. The molecule has 0 spiro atoms. The summed E-state index contributed by atoms with van der Waals surface area (Å²) >= 11 is 0. The Kier molecular flexibility index (Phi) is 3.09. The topological polar surface area (TPSA) is 129 Å². The Morgan fingerprint density at radius 2 is 1.46 bits per heavy atom. The minimum Gasteiger partial charge on any atom is -0.508 e. The first-order valence-corrected chi connectivity index (χ1v) is 3.00. The van der Waals surface area contributed by atoms with Crippen LogP contribution in [0.5, 0.6) is 17.2 Å². The summed E-state index contributed by atoms with van der Waals surface area (Å²) < 4.78 is 0. The van der Waals surface area contributed by atoms with E-state index in [-0.39, 0.29) is 5.48 Å². The van der Waals surface area contributed by atoms with E-state index in [0.29, 0.717) is 0 Å². The highest BCUT2D eigenvalue weighted by atomic mass is 16.4. The van der Waals surface area contributed by atoms with E-state index >= 15 is 0 Å². The molecule has 6 N–H and O–H groups in total. The third-order valence-electron chi connectivity index (χ3n) is 1.30. The summed E-state index contributed by atoms with van der Waals surface area (Å²) in [5.41, 5.74) is -0.618. The summed E-state index contributed by atoms with van der Waals surface area (Å²) in [5.74, 6) is -3.18. The highest BCUT2D eigenvalue weighted by Gasteiger charge is 2.15. The quantitative estimate of drug-likeness (QED) is 0.479. The fourth-order valence-corrected chi connectivity index (χ4v) is 0.816. The van der Waals surface area contributed by atoms with Crippen LogP contribution in [0.1, 0.15) is 10.4 Å². The van der Waals surface area contributed by atoms with Crippen molar-refractivity contribution < 1.29 is 30.7 Å². The fourth-order valence-electron chi connectivity index (χ4n) is 0.816. The lowest BCUT2D eigenvalue weighted by Gasteiger charge is -2.02. The average Bonchev–Trinajstić information content (AvgIpc) is 1.82. The van der Waals surface area contributed by atoms with Crippen molar-refractivity contribution in [1.29, 1.82) is 0 Å². The van der Waals surface area contributed by atoms with Gasteiger partial charge in [-0.25, -0.2) is 4.79 Å². The third kappa shape index (κ3) is 2.00. The van der Waals surface area contributed by atoms with Gasteiger partial charge < -0.3 is 25.9 Å². The SMILES string of the molecule is O.O=C(O)c1c(O)cc(O)cc1O. The predicted molar refractivity (Wildman–Crippen MR) is 42.0 cm³/mol. The Labute approximate surface area is 72.6 Å². The summed E-state index contributed by atoms with van der Waals surface area (Å²) in [5, 5.41) is 35.1. The van der Waals surface area contributed by atoms with Gasteiger partial charge in [-0.3, -0.25) is 0 Å². The van der Waals surface area contributed by atoms with Crippen molar-refractivity contribution in [1.82, 2.24) is 0 Å². The molecule has 0 unspecified atom stereocenters. The number of carboxylic acid groups (broad SMARTS) is 1. The van der Waals surface area contributed by atoms with Gasteiger partial charge in [-0.15, -0.1) is 0 Å². The number of carbonyl (C=O) groups is 1. The van der Waals surface area contributed by atoms with Crippen LogP contribution in [0.3, 0.4) is 0 Å². The first-order valence-electron chi connectivity index (χ1n) is 3.00. The molecule has 0 heterocycles. The van der Waals surface area contributed by atoms with E-state index in [1.165, 1.54) is 0 Å². The molecule has 6 heteroatoms. The van der Waals surface area contributed by atoms with Crippen molar-refractivity contribution in [2.45, 2.75) is 0 Å². The number of rotatable bonds is 1. The average molecular weight is 188 g/mol. The maximum atomic E-state index is 10.4. The van der Waals surface area contributed by atoms with E-state index in [0.717, 1.165) is 12.1 Å². The van der Waals surface area contributed by atoms with Crippen molar-refractivity contribution >= 4 is 5.97 Å². The molecule has 0 atom stereocenters. The normalized spacial score (nSPS) is 8.92. The first-order chi connectivity index (χ1) is 5.52. The van der Waals surface area contributed by atoms with E-state index in [1.54, 1.807) is 0 Å². The van der Waals surface area contributed by atoms with Gasteiger partial charge in [0, 0.05) is 12.1 Å². The summed E-state index contributed by atoms with van der Waals surface area (Å²) in [6.07, 6.45) is 0. The zero-order valence-corrected chi connectivity index (χ0v) is 6.35. The molecule has 72 valence electrons. The molecule has 0 aromatic heterocycles. The second-order valence-corrected chi connectivity index (χ2v) is 2.16. The zero-order chi connectivity index (χ0) is 9.30. The van der Waals surface area contributed by atoms with Crippen molar-refractivity contribution in [3.05, 3.63) is 17.7 Å². The van der Waals surface area contributed by atoms with Crippen LogP contribution >= 0.6 is 0 Å². The molecule has 0 fully saturated rings. The van der Waals surface area contributed by atoms with Crippen molar-refractivity contribution in [3.8, 4) is 17.2 Å². The molecule has 0 aliphatic heterocycles. The summed E-state index contributed by atoms with van der Waals surface area (Å²) in [6, 6.07) is 1.67. The lowest BCUT2D eigenvalue weighted by Crippen LogP contribution is -1.96. The van der Waals surface area contributed by atoms with Gasteiger partial charge in [0.1, 0.15) is 22.8 Å². The maximum absolute atomic E-state index is 10.4. The molecule has 0 radical (unpaired) electrons. The molecular formula is C7H8O6. The third-order valence-corrected chi connectivity index (χ3v) is 1.30. The van der Waals surface area contributed by atoms with Crippen LogP contribution in [0.2, 0.25) is 0 Å². The molecule has 6 nitrogen and oxygen atoms in total. The minimum absolute atomic E-state index is 0. The van der Waals surface area contributed by atoms with Crippen LogP contribution in [0, 0.1) is 0 Å². The van der Waals surface area contributed by atoms with Gasteiger partial charge >= 0.3 is 5.97 Å². The van der Waals surface area contributed by atoms with E-state index in [4.69, 9.17) is 20.4 Å². The molecule has 0 saturated heterocycles. The van der Waals surface area contributed by atoms with Gasteiger partial charge in [0.25, 0.3) is 0 Å². The van der Waals surface area contributed by atoms with Gasteiger partial charge in [0.2, 0.25) is 0 Å². The van der Waals surface area contributed by atoms with Gasteiger partial charge in [0.05, 0.1) is 0 Å². The number of hydrogen-bond acceptors (Lipinski definition) is 4. The van der Waals surface area contributed by atoms with E-state index in [1.807, 2.05) is 0 Å². The van der Waals surface area contributed by atoms with Crippen molar-refractivity contribution in [3.63, 3.8) is 0 Å². The van der Waals surface area contributed by atoms with Gasteiger partial charge in [-0.05, 0) is 0 Å². The van der Waals surface area contributed by atoms with Crippen LogP contribution < -0.4 is 0 Å². The Morgan fingerprint density at radius 1 is 1.08 bits per heavy atom. The highest BCUT2D eigenvalue weighted by Crippen LogP contribution is 2.31. The van der Waals surface area contributed by atoms with E-state index in [9.17, 15) is 4.79 Å².